The Kier molecular flexibility index (Phi) is 2.83. The van der Waals surface area contributed by atoms with Crippen LogP contribution in [0.5, 0.6) is 5.75 Å². The van der Waals surface area contributed by atoms with E-state index in [4.69, 9.17) is 4.74 Å². The Labute approximate surface area is 95.0 Å². The molecule has 16 heavy (non-hydrogen) atoms. The third-order valence-corrected chi connectivity index (χ3v) is 2.99. The fourth-order valence-electron chi connectivity index (χ4n) is 2.02. The van der Waals surface area contributed by atoms with E-state index >= 15 is 0 Å². The zero-order valence-corrected chi connectivity index (χ0v) is 9.54. The number of benzene rings is 1. The molecule has 0 aromatic heterocycles. The quantitative estimate of drug-likeness (QED) is 0.768. The highest BCUT2D eigenvalue weighted by atomic mass is 16.5. The van der Waals surface area contributed by atoms with Crippen LogP contribution in [-0.4, -0.2) is 26.1 Å². The van der Waals surface area contributed by atoms with Crippen molar-refractivity contribution in [3.05, 3.63) is 29.8 Å². The van der Waals surface area contributed by atoms with Crippen LogP contribution in [0.1, 0.15) is 12.5 Å². The van der Waals surface area contributed by atoms with Crippen LogP contribution < -0.4 is 15.4 Å². The first-order valence-electron chi connectivity index (χ1n) is 5.35. The van der Waals surface area contributed by atoms with Crippen LogP contribution >= 0.6 is 0 Å². The van der Waals surface area contributed by atoms with E-state index in [0.29, 0.717) is 6.54 Å². The van der Waals surface area contributed by atoms with Gasteiger partial charge in [0.2, 0.25) is 5.91 Å². The first kappa shape index (κ1) is 11.0. The standard InChI is InChI=1S/C12H16N2O2/c1-12(11(15)13-7-8-14-12)9-5-3-4-6-10(9)16-2/h3-6,14H,7-8H2,1-2H3,(H,13,15). The molecular weight excluding hydrogens is 204 g/mol. The molecule has 2 rings (SSSR count). The van der Waals surface area contributed by atoms with E-state index in [2.05, 4.69) is 10.6 Å². The molecule has 0 aliphatic carbocycles. The van der Waals surface area contributed by atoms with E-state index in [0.717, 1.165) is 17.9 Å². The number of rotatable bonds is 2. The highest BCUT2D eigenvalue weighted by Gasteiger charge is 2.38. The Morgan fingerprint density at radius 3 is 2.75 bits per heavy atom. The van der Waals surface area contributed by atoms with Crippen LogP contribution in [0.15, 0.2) is 24.3 Å². The molecule has 1 fully saturated rings. The summed E-state index contributed by atoms with van der Waals surface area (Å²) >= 11 is 0. The highest BCUT2D eigenvalue weighted by Crippen LogP contribution is 2.30. The molecule has 1 atom stereocenters. The van der Waals surface area contributed by atoms with Crippen molar-refractivity contribution >= 4 is 5.91 Å². The SMILES string of the molecule is COc1ccccc1C1(C)NCCNC1=O. The molecule has 1 aliphatic heterocycles. The number of ether oxygens (including phenoxy) is 1. The molecule has 1 aromatic rings. The predicted octanol–water partition coefficient (Wildman–Crippen LogP) is 0.630. The van der Waals surface area contributed by atoms with Gasteiger partial charge in [-0.25, -0.2) is 0 Å². The lowest BCUT2D eigenvalue weighted by atomic mass is 9.89. The second-order valence-corrected chi connectivity index (χ2v) is 4.01. The molecule has 1 amide bonds. The molecule has 0 saturated carbocycles. The largest absolute Gasteiger partial charge is 0.496 e. The zero-order chi connectivity index (χ0) is 11.6. The number of amides is 1. The van der Waals surface area contributed by atoms with Crippen molar-refractivity contribution in [3.8, 4) is 5.75 Å². The summed E-state index contributed by atoms with van der Waals surface area (Å²) in [5.41, 5.74) is 0.167. The van der Waals surface area contributed by atoms with Gasteiger partial charge in [-0.05, 0) is 13.0 Å². The van der Waals surface area contributed by atoms with E-state index in [9.17, 15) is 4.79 Å². The summed E-state index contributed by atoms with van der Waals surface area (Å²) in [5, 5.41) is 6.11. The highest BCUT2D eigenvalue weighted by molar-refractivity contribution is 5.88. The van der Waals surface area contributed by atoms with Crippen LogP contribution in [0.4, 0.5) is 0 Å². The van der Waals surface area contributed by atoms with Crippen molar-refractivity contribution in [2.45, 2.75) is 12.5 Å². The summed E-state index contributed by atoms with van der Waals surface area (Å²) in [6, 6.07) is 7.58. The van der Waals surface area contributed by atoms with Crippen LogP contribution in [0.25, 0.3) is 0 Å². The second-order valence-electron chi connectivity index (χ2n) is 4.01. The van der Waals surface area contributed by atoms with Gasteiger partial charge < -0.3 is 10.1 Å². The Balaban J connectivity index is 2.44. The second kappa shape index (κ2) is 4.14. The molecule has 2 N–H and O–H groups in total. The Morgan fingerprint density at radius 2 is 2.06 bits per heavy atom. The predicted molar refractivity (Wildman–Crippen MR) is 61.4 cm³/mol. The number of piperazine rings is 1. The first-order valence-corrected chi connectivity index (χ1v) is 5.35. The van der Waals surface area contributed by atoms with Crippen molar-refractivity contribution in [2.24, 2.45) is 0 Å². The lowest BCUT2D eigenvalue weighted by Crippen LogP contribution is -2.59. The van der Waals surface area contributed by atoms with Gasteiger partial charge in [0, 0.05) is 18.7 Å². The molecule has 1 heterocycles. The molecule has 86 valence electrons. The minimum Gasteiger partial charge on any atom is -0.496 e. The maximum absolute atomic E-state index is 12.0. The number of para-hydroxylation sites is 1. The molecule has 4 heteroatoms. The fraction of sp³-hybridized carbons (Fsp3) is 0.417. The molecule has 1 unspecified atom stereocenters. The minimum atomic E-state index is -0.704. The van der Waals surface area contributed by atoms with Crippen LogP contribution in [0, 0.1) is 0 Å². The average molecular weight is 220 g/mol. The van der Waals surface area contributed by atoms with Gasteiger partial charge in [-0.2, -0.15) is 0 Å². The average Bonchev–Trinajstić information content (AvgIpc) is 2.33. The summed E-state index contributed by atoms with van der Waals surface area (Å²) in [6.07, 6.45) is 0. The van der Waals surface area contributed by atoms with E-state index in [1.807, 2.05) is 31.2 Å². The lowest BCUT2D eigenvalue weighted by Gasteiger charge is -2.35. The van der Waals surface area contributed by atoms with Crippen molar-refractivity contribution in [2.75, 3.05) is 20.2 Å². The number of carbonyl (C=O) groups is 1. The minimum absolute atomic E-state index is 0.0109. The Hall–Kier alpha value is -1.55. The van der Waals surface area contributed by atoms with Gasteiger partial charge in [-0.15, -0.1) is 0 Å². The summed E-state index contributed by atoms with van der Waals surface area (Å²) in [4.78, 5) is 12.0. The number of methoxy groups -OCH3 is 1. The molecule has 1 saturated heterocycles. The van der Waals surface area contributed by atoms with Gasteiger partial charge in [0.25, 0.3) is 0 Å². The third kappa shape index (κ3) is 1.65. The topological polar surface area (TPSA) is 50.4 Å². The maximum atomic E-state index is 12.0. The van der Waals surface area contributed by atoms with E-state index in [-0.39, 0.29) is 5.91 Å². The van der Waals surface area contributed by atoms with Gasteiger partial charge in [-0.1, -0.05) is 18.2 Å². The fourth-order valence-corrected chi connectivity index (χ4v) is 2.02. The summed E-state index contributed by atoms with van der Waals surface area (Å²) in [7, 11) is 1.61. The smallest absolute Gasteiger partial charge is 0.244 e. The number of hydrogen-bond donors (Lipinski definition) is 2. The number of carbonyl (C=O) groups excluding carboxylic acids is 1. The number of hydrogen-bond acceptors (Lipinski definition) is 3. The van der Waals surface area contributed by atoms with Gasteiger partial charge in [0.15, 0.2) is 0 Å². The van der Waals surface area contributed by atoms with E-state index in [1.54, 1.807) is 7.11 Å². The Bertz CT molecular complexity index is 406. The third-order valence-electron chi connectivity index (χ3n) is 2.99. The summed E-state index contributed by atoms with van der Waals surface area (Å²) in [6.45, 7) is 3.31. The van der Waals surface area contributed by atoms with Crippen molar-refractivity contribution in [3.63, 3.8) is 0 Å². The van der Waals surface area contributed by atoms with E-state index < -0.39 is 5.54 Å². The summed E-state index contributed by atoms with van der Waals surface area (Å²) < 4.78 is 5.29. The monoisotopic (exact) mass is 220 g/mol. The van der Waals surface area contributed by atoms with Crippen molar-refractivity contribution in [1.29, 1.82) is 0 Å². The van der Waals surface area contributed by atoms with E-state index in [1.165, 1.54) is 0 Å². The molecule has 0 spiro atoms. The van der Waals surface area contributed by atoms with Gasteiger partial charge >= 0.3 is 0 Å². The first-order chi connectivity index (χ1) is 7.68. The van der Waals surface area contributed by atoms with Crippen LogP contribution in [-0.2, 0) is 10.3 Å². The molecule has 0 radical (unpaired) electrons. The van der Waals surface area contributed by atoms with Crippen LogP contribution in [0.2, 0.25) is 0 Å². The molecule has 1 aromatic carbocycles. The Morgan fingerprint density at radius 1 is 1.31 bits per heavy atom. The normalized spacial score (nSPS) is 25.0. The van der Waals surface area contributed by atoms with Gasteiger partial charge in [0.1, 0.15) is 11.3 Å². The molecular formula is C12H16N2O2. The molecule has 4 nitrogen and oxygen atoms in total. The van der Waals surface area contributed by atoms with Crippen molar-refractivity contribution in [1.82, 2.24) is 10.6 Å². The van der Waals surface area contributed by atoms with Gasteiger partial charge in [0.05, 0.1) is 7.11 Å². The molecule has 0 bridgehead atoms. The molecule has 1 aliphatic rings. The summed E-state index contributed by atoms with van der Waals surface area (Å²) in [5.74, 6) is 0.720. The van der Waals surface area contributed by atoms with Gasteiger partial charge in [-0.3, -0.25) is 10.1 Å². The maximum Gasteiger partial charge on any atom is 0.244 e. The van der Waals surface area contributed by atoms with Crippen LogP contribution in [0.3, 0.4) is 0 Å². The zero-order valence-electron chi connectivity index (χ0n) is 9.54. The number of nitrogens with one attached hydrogen (secondary N) is 2. The van der Waals surface area contributed by atoms with Crippen molar-refractivity contribution < 1.29 is 9.53 Å². The lowest BCUT2D eigenvalue weighted by molar-refractivity contribution is -0.129.